The lowest BCUT2D eigenvalue weighted by atomic mass is 10.2. The molecule has 4 aromatic rings. The second-order valence-corrected chi connectivity index (χ2v) is 9.93. The second kappa shape index (κ2) is 9.53. The molecule has 0 aliphatic carbocycles. The van der Waals surface area contributed by atoms with E-state index in [1.54, 1.807) is 53.2 Å². The fourth-order valence-corrected chi connectivity index (χ4v) is 5.86. The second-order valence-electron chi connectivity index (χ2n) is 6.81. The number of hydrogen-bond donors (Lipinski definition) is 1. The lowest BCUT2D eigenvalue weighted by Crippen LogP contribution is -2.26. The van der Waals surface area contributed by atoms with E-state index in [0.29, 0.717) is 26.6 Å². The van der Waals surface area contributed by atoms with Crippen LogP contribution in [0.2, 0.25) is 0 Å². The highest BCUT2D eigenvalue weighted by Crippen LogP contribution is 2.35. The van der Waals surface area contributed by atoms with Crippen LogP contribution in [0, 0.1) is 11.3 Å². The van der Waals surface area contributed by atoms with Crippen molar-refractivity contribution >= 4 is 56.2 Å². The Hall–Kier alpha value is -3.19. The van der Waals surface area contributed by atoms with Crippen LogP contribution in [0.3, 0.4) is 0 Å². The average Bonchev–Trinajstić information content (AvgIpc) is 3.46. The first-order valence-corrected chi connectivity index (χ1v) is 12.3. The number of thioether (sulfide) groups is 1. The van der Waals surface area contributed by atoms with Crippen molar-refractivity contribution in [3.8, 4) is 16.5 Å². The number of aromatic nitrogens is 2. The Morgan fingerprint density at radius 1 is 1.34 bits per heavy atom. The molecule has 1 N–H and O–H groups in total. The molecule has 1 aromatic carbocycles. The van der Waals surface area contributed by atoms with E-state index in [9.17, 15) is 14.9 Å². The molecule has 1 amide bonds. The largest absolute Gasteiger partial charge is 0.324 e. The maximum atomic E-state index is 13.4. The van der Waals surface area contributed by atoms with E-state index in [0.717, 1.165) is 10.4 Å². The zero-order valence-electron chi connectivity index (χ0n) is 17.1. The summed E-state index contributed by atoms with van der Waals surface area (Å²) in [5, 5.41) is 16.5. The topological polar surface area (TPSA) is 87.8 Å². The lowest BCUT2D eigenvalue weighted by molar-refractivity contribution is -0.115. The van der Waals surface area contributed by atoms with Gasteiger partial charge in [0.2, 0.25) is 5.91 Å². The number of fused-ring (bicyclic) bond motifs is 1. The normalized spacial score (nSPS) is 11.8. The number of amides is 1. The number of allylic oxidation sites excluding steroid dienone is 1. The van der Waals surface area contributed by atoms with Gasteiger partial charge in [-0.3, -0.25) is 14.2 Å². The fraction of sp³-hybridized carbons (Fsp3) is 0.130. The SMILES string of the molecule is C=CCn1c(SC(C)C(=O)Nc2ccccc2C#N)nc2scc(-c3cccs3)c2c1=O. The molecule has 0 radical (unpaired) electrons. The van der Waals surface area contributed by atoms with Crippen molar-refractivity contribution < 1.29 is 4.79 Å². The third kappa shape index (κ3) is 4.25. The number of carbonyl (C=O) groups excluding carboxylic acids is 1. The third-order valence-electron chi connectivity index (χ3n) is 4.71. The van der Waals surface area contributed by atoms with Gasteiger partial charge in [-0.1, -0.05) is 36.0 Å². The highest BCUT2D eigenvalue weighted by molar-refractivity contribution is 8.00. The maximum Gasteiger partial charge on any atom is 0.263 e. The van der Waals surface area contributed by atoms with Gasteiger partial charge < -0.3 is 5.32 Å². The minimum atomic E-state index is -0.543. The molecule has 0 spiro atoms. The van der Waals surface area contributed by atoms with Gasteiger partial charge in [-0.05, 0) is 30.5 Å². The minimum Gasteiger partial charge on any atom is -0.324 e. The summed E-state index contributed by atoms with van der Waals surface area (Å²) in [5.41, 5.74) is 1.58. The molecule has 1 unspecified atom stereocenters. The fourth-order valence-electron chi connectivity index (χ4n) is 3.13. The number of nitrogens with zero attached hydrogens (tertiary/aromatic N) is 3. The molecule has 160 valence electrons. The van der Waals surface area contributed by atoms with E-state index in [2.05, 4.69) is 18.0 Å². The molecule has 3 aromatic heterocycles. The van der Waals surface area contributed by atoms with Crippen LogP contribution in [0.4, 0.5) is 5.69 Å². The number of rotatable bonds is 7. The van der Waals surface area contributed by atoms with Gasteiger partial charge in [-0.2, -0.15) is 5.26 Å². The summed E-state index contributed by atoms with van der Waals surface area (Å²) in [7, 11) is 0. The van der Waals surface area contributed by atoms with Crippen molar-refractivity contribution in [1.82, 2.24) is 9.55 Å². The van der Waals surface area contributed by atoms with Crippen molar-refractivity contribution in [3.63, 3.8) is 0 Å². The number of nitrogens with one attached hydrogen (secondary N) is 1. The van der Waals surface area contributed by atoms with E-state index in [1.807, 2.05) is 22.9 Å². The Morgan fingerprint density at radius 3 is 2.88 bits per heavy atom. The zero-order chi connectivity index (χ0) is 22.7. The molecular weight excluding hydrogens is 460 g/mol. The number of nitriles is 1. The monoisotopic (exact) mass is 478 g/mol. The maximum absolute atomic E-state index is 13.4. The summed E-state index contributed by atoms with van der Waals surface area (Å²) in [6, 6.07) is 12.8. The highest BCUT2D eigenvalue weighted by Gasteiger charge is 2.22. The quantitative estimate of drug-likeness (QED) is 0.219. The average molecular weight is 479 g/mol. The number of para-hydroxylation sites is 1. The van der Waals surface area contributed by atoms with Gasteiger partial charge in [0.25, 0.3) is 5.56 Å². The molecule has 0 aliphatic rings. The number of anilines is 1. The smallest absolute Gasteiger partial charge is 0.263 e. The zero-order valence-corrected chi connectivity index (χ0v) is 19.5. The number of hydrogen-bond acceptors (Lipinski definition) is 7. The Bertz CT molecular complexity index is 1400. The first-order valence-electron chi connectivity index (χ1n) is 9.67. The van der Waals surface area contributed by atoms with Crippen molar-refractivity contribution in [3.05, 3.63) is 75.7 Å². The first-order chi connectivity index (χ1) is 15.5. The molecule has 0 fully saturated rings. The van der Waals surface area contributed by atoms with Gasteiger partial charge in [0.05, 0.1) is 21.9 Å². The summed E-state index contributed by atoms with van der Waals surface area (Å²) in [5.74, 6) is -0.275. The Kier molecular flexibility index (Phi) is 6.55. The summed E-state index contributed by atoms with van der Waals surface area (Å²) in [6.07, 6.45) is 1.64. The van der Waals surface area contributed by atoms with Crippen LogP contribution >= 0.6 is 34.4 Å². The summed E-state index contributed by atoms with van der Waals surface area (Å²) >= 11 is 4.20. The summed E-state index contributed by atoms with van der Waals surface area (Å²) in [6.45, 7) is 5.80. The number of carbonyl (C=O) groups is 1. The van der Waals surface area contributed by atoms with E-state index < -0.39 is 5.25 Å². The van der Waals surface area contributed by atoms with Crippen LogP contribution in [-0.2, 0) is 11.3 Å². The molecular formula is C23H18N4O2S3. The predicted octanol–water partition coefficient (Wildman–Crippen LogP) is 5.36. The summed E-state index contributed by atoms with van der Waals surface area (Å²) in [4.78, 5) is 32.5. The predicted molar refractivity (Wildman–Crippen MR) is 132 cm³/mol. The Balaban J connectivity index is 1.67. The Labute approximate surface area is 196 Å². The summed E-state index contributed by atoms with van der Waals surface area (Å²) < 4.78 is 1.55. The molecule has 3 heterocycles. The Morgan fingerprint density at radius 2 is 2.16 bits per heavy atom. The van der Waals surface area contributed by atoms with Crippen molar-refractivity contribution in [2.75, 3.05) is 5.32 Å². The van der Waals surface area contributed by atoms with Crippen LogP contribution in [-0.4, -0.2) is 20.7 Å². The molecule has 6 nitrogen and oxygen atoms in total. The van der Waals surface area contributed by atoms with Gasteiger partial charge in [0, 0.05) is 22.4 Å². The van der Waals surface area contributed by atoms with Crippen molar-refractivity contribution in [1.29, 1.82) is 5.26 Å². The molecule has 9 heteroatoms. The van der Waals surface area contributed by atoms with E-state index in [4.69, 9.17) is 4.98 Å². The van der Waals surface area contributed by atoms with Gasteiger partial charge >= 0.3 is 0 Å². The molecule has 0 bridgehead atoms. The molecule has 4 rings (SSSR count). The molecule has 0 aliphatic heterocycles. The van der Waals surface area contributed by atoms with Crippen LogP contribution in [0.15, 0.2) is 69.8 Å². The lowest BCUT2D eigenvalue weighted by Gasteiger charge is -2.15. The van der Waals surface area contributed by atoms with Gasteiger partial charge in [-0.15, -0.1) is 29.3 Å². The molecule has 1 atom stereocenters. The van der Waals surface area contributed by atoms with E-state index >= 15 is 0 Å². The van der Waals surface area contributed by atoms with E-state index in [1.165, 1.54) is 23.1 Å². The number of thiophene rings is 2. The van der Waals surface area contributed by atoms with Crippen LogP contribution in [0.5, 0.6) is 0 Å². The van der Waals surface area contributed by atoms with Crippen molar-refractivity contribution in [2.45, 2.75) is 23.9 Å². The minimum absolute atomic E-state index is 0.149. The molecule has 0 saturated heterocycles. The van der Waals surface area contributed by atoms with Crippen molar-refractivity contribution in [2.24, 2.45) is 0 Å². The molecule has 0 saturated carbocycles. The van der Waals surface area contributed by atoms with Crippen LogP contribution in [0.25, 0.3) is 20.7 Å². The number of benzene rings is 1. The van der Waals surface area contributed by atoms with Gasteiger partial charge in [0.1, 0.15) is 10.9 Å². The van der Waals surface area contributed by atoms with Crippen LogP contribution in [0.1, 0.15) is 12.5 Å². The van der Waals surface area contributed by atoms with E-state index in [-0.39, 0.29) is 18.0 Å². The third-order valence-corrected chi connectivity index (χ3v) is 7.58. The van der Waals surface area contributed by atoms with Crippen LogP contribution < -0.4 is 10.9 Å². The molecule has 32 heavy (non-hydrogen) atoms. The standard InChI is InChI=1S/C23H18N4O2S3/c1-3-10-27-22(29)19-16(18-9-6-11-30-18)13-31-21(19)26-23(27)32-14(2)20(28)25-17-8-5-4-7-15(17)12-24/h3-9,11,13-14H,1,10H2,2H3,(H,25,28). The first kappa shape index (κ1) is 22.0. The van der Waals surface area contributed by atoms with Gasteiger partial charge in [0.15, 0.2) is 5.16 Å². The highest BCUT2D eigenvalue weighted by atomic mass is 32.2. The van der Waals surface area contributed by atoms with Gasteiger partial charge in [-0.25, -0.2) is 4.98 Å².